The first-order chi connectivity index (χ1) is 6.32. The van der Waals surface area contributed by atoms with E-state index in [4.69, 9.17) is 0 Å². The second-order valence-corrected chi connectivity index (χ2v) is 2.46. The third kappa shape index (κ3) is 3.63. The third-order valence-corrected chi connectivity index (χ3v) is 1.46. The van der Waals surface area contributed by atoms with Gasteiger partial charge in [-0.2, -0.15) is 13.2 Å². The van der Waals surface area contributed by atoms with Crippen LogP contribution in [0.1, 0.15) is 13.3 Å². The summed E-state index contributed by atoms with van der Waals surface area (Å²) in [5.74, 6) is -3.04. The fraction of sp³-hybridized carbons (Fsp3) is 0.714. The van der Waals surface area contributed by atoms with Crippen LogP contribution in [0.2, 0.25) is 0 Å². The Balaban J connectivity index is 4.34. The fourth-order valence-corrected chi connectivity index (χ4v) is 0.710. The Bertz CT molecular complexity index is 227. The monoisotopic (exact) mass is 213 g/mol. The molecule has 1 atom stereocenters. The van der Waals surface area contributed by atoms with Gasteiger partial charge in [0.2, 0.25) is 0 Å². The smallest absolute Gasteiger partial charge is 0.467 e. The van der Waals surface area contributed by atoms with E-state index in [0.717, 1.165) is 7.11 Å². The number of halogens is 3. The predicted molar refractivity (Wildman–Crippen MR) is 40.3 cm³/mol. The summed E-state index contributed by atoms with van der Waals surface area (Å²) in [6, 6.07) is -1.26. The molecule has 14 heavy (non-hydrogen) atoms. The van der Waals surface area contributed by atoms with Gasteiger partial charge in [0.1, 0.15) is 6.04 Å². The zero-order valence-electron chi connectivity index (χ0n) is 7.64. The van der Waals surface area contributed by atoms with Crippen LogP contribution >= 0.6 is 0 Å². The molecule has 0 aromatic rings. The number of ether oxygens (including phenoxy) is 1. The lowest BCUT2D eigenvalue weighted by molar-refractivity contribution is -0.175. The summed E-state index contributed by atoms with van der Waals surface area (Å²) in [6.45, 7) is 1.46. The number of hydrogen-bond donors (Lipinski definition) is 1. The first-order valence-electron chi connectivity index (χ1n) is 3.78. The zero-order chi connectivity index (χ0) is 11.4. The van der Waals surface area contributed by atoms with Gasteiger partial charge in [-0.15, -0.1) is 0 Å². The molecule has 0 bridgehead atoms. The van der Waals surface area contributed by atoms with Crippen molar-refractivity contribution in [2.75, 3.05) is 7.11 Å². The van der Waals surface area contributed by atoms with Crippen LogP contribution in [-0.4, -0.2) is 31.2 Å². The van der Waals surface area contributed by atoms with Crippen LogP contribution in [0.4, 0.5) is 13.2 Å². The van der Waals surface area contributed by atoms with Gasteiger partial charge >= 0.3 is 18.1 Å². The van der Waals surface area contributed by atoms with Gasteiger partial charge in [0.05, 0.1) is 7.11 Å². The Hall–Kier alpha value is -1.27. The van der Waals surface area contributed by atoms with Crippen LogP contribution in [0.3, 0.4) is 0 Å². The molecule has 1 N–H and O–H groups in total. The highest BCUT2D eigenvalue weighted by atomic mass is 19.4. The molecule has 0 aromatic heterocycles. The van der Waals surface area contributed by atoms with Gasteiger partial charge in [0.25, 0.3) is 0 Å². The number of rotatable bonds is 3. The lowest BCUT2D eigenvalue weighted by Crippen LogP contribution is -2.46. The molecule has 4 nitrogen and oxygen atoms in total. The number of esters is 1. The summed E-state index contributed by atoms with van der Waals surface area (Å²) in [5.41, 5.74) is 0. The Morgan fingerprint density at radius 2 is 1.93 bits per heavy atom. The molecule has 0 saturated carbocycles. The summed E-state index contributed by atoms with van der Waals surface area (Å²) >= 11 is 0. The van der Waals surface area contributed by atoms with Crippen molar-refractivity contribution in [1.29, 1.82) is 0 Å². The molecule has 82 valence electrons. The second kappa shape index (κ2) is 4.83. The highest BCUT2D eigenvalue weighted by molar-refractivity contribution is 5.87. The van der Waals surface area contributed by atoms with Crippen molar-refractivity contribution in [3.8, 4) is 0 Å². The molecule has 0 aromatic carbocycles. The average Bonchev–Trinajstić information content (AvgIpc) is 2.10. The van der Waals surface area contributed by atoms with Crippen LogP contribution in [-0.2, 0) is 14.3 Å². The molecule has 0 fully saturated rings. The number of carbonyl (C=O) groups excluding carboxylic acids is 2. The SMILES string of the molecule is CC[C@H](NC(=O)C(F)(F)F)C(=O)OC. The Labute approximate surface area is 78.4 Å². The Morgan fingerprint density at radius 3 is 2.21 bits per heavy atom. The molecule has 0 spiro atoms. The van der Waals surface area contributed by atoms with E-state index in [1.54, 1.807) is 0 Å². The summed E-state index contributed by atoms with van der Waals surface area (Å²) in [6.07, 6.45) is -4.95. The van der Waals surface area contributed by atoms with E-state index in [1.807, 2.05) is 0 Å². The van der Waals surface area contributed by atoms with E-state index >= 15 is 0 Å². The lowest BCUT2D eigenvalue weighted by atomic mass is 10.2. The molecular formula is C7H10F3NO3. The number of nitrogens with one attached hydrogen (secondary N) is 1. The minimum Gasteiger partial charge on any atom is -0.467 e. The molecule has 0 rings (SSSR count). The van der Waals surface area contributed by atoms with E-state index in [-0.39, 0.29) is 6.42 Å². The maximum atomic E-state index is 11.7. The molecule has 0 saturated heterocycles. The minimum absolute atomic E-state index is 0.0362. The largest absolute Gasteiger partial charge is 0.471 e. The van der Waals surface area contributed by atoms with Crippen LogP contribution in [0, 0.1) is 0 Å². The number of hydrogen-bond acceptors (Lipinski definition) is 3. The zero-order valence-corrected chi connectivity index (χ0v) is 7.64. The summed E-state index contributed by atoms with van der Waals surface area (Å²) in [4.78, 5) is 21.2. The fourth-order valence-electron chi connectivity index (χ4n) is 0.710. The molecule has 1 amide bonds. The van der Waals surface area contributed by atoms with Crippen molar-refractivity contribution in [1.82, 2.24) is 5.32 Å². The molecule has 0 heterocycles. The average molecular weight is 213 g/mol. The van der Waals surface area contributed by atoms with Crippen molar-refractivity contribution in [3.05, 3.63) is 0 Å². The molecule has 0 aliphatic heterocycles. The van der Waals surface area contributed by atoms with Gasteiger partial charge in [-0.25, -0.2) is 4.79 Å². The third-order valence-electron chi connectivity index (χ3n) is 1.46. The number of methoxy groups -OCH3 is 1. The Morgan fingerprint density at radius 1 is 1.43 bits per heavy atom. The molecule has 0 aliphatic rings. The highest BCUT2D eigenvalue weighted by Gasteiger charge is 2.40. The van der Waals surface area contributed by atoms with E-state index in [9.17, 15) is 22.8 Å². The molecule has 0 unspecified atom stereocenters. The van der Waals surface area contributed by atoms with E-state index in [2.05, 4.69) is 4.74 Å². The Kier molecular flexibility index (Phi) is 4.39. The molecule has 7 heteroatoms. The van der Waals surface area contributed by atoms with Crippen molar-refractivity contribution < 1.29 is 27.5 Å². The van der Waals surface area contributed by atoms with E-state index in [0.29, 0.717) is 0 Å². The summed E-state index contributed by atoms with van der Waals surface area (Å²) < 4.78 is 39.4. The standard InChI is InChI=1S/C7H10F3NO3/c1-3-4(5(12)14-2)11-6(13)7(8,9)10/h4H,3H2,1-2H3,(H,11,13)/t4-/m0/s1. The van der Waals surface area contributed by atoms with E-state index in [1.165, 1.54) is 12.2 Å². The highest BCUT2D eigenvalue weighted by Crippen LogP contribution is 2.14. The first kappa shape index (κ1) is 12.7. The van der Waals surface area contributed by atoms with Crippen molar-refractivity contribution in [3.63, 3.8) is 0 Å². The molecule has 0 aliphatic carbocycles. The topological polar surface area (TPSA) is 55.4 Å². The van der Waals surface area contributed by atoms with Crippen LogP contribution < -0.4 is 5.32 Å². The lowest BCUT2D eigenvalue weighted by Gasteiger charge is -2.15. The van der Waals surface area contributed by atoms with Crippen molar-refractivity contribution in [2.24, 2.45) is 0 Å². The van der Waals surface area contributed by atoms with Gasteiger partial charge in [0, 0.05) is 0 Å². The second-order valence-electron chi connectivity index (χ2n) is 2.46. The summed E-state index contributed by atoms with van der Waals surface area (Å²) in [5, 5.41) is 1.52. The van der Waals surface area contributed by atoms with Crippen molar-refractivity contribution >= 4 is 11.9 Å². The maximum Gasteiger partial charge on any atom is 0.471 e. The number of carbonyl (C=O) groups is 2. The first-order valence-corrected chi connectivity index (χ1v) is 3.78. The van der Waals surface area contributed by atoms with Gasteiger partial charge < -0.3 is 10.1 Å². The number of alkyl halides is 3. The molecule has 0 radical (unpaired) electrons. The van der Waals surface area contributed by atoms with Gasteiger partial charge in [-0.3, -0.25) is 4.79 Å². The van der Waals surface area contributed by atoms with Gasteiger partial charge in [-0.05, 0) is 6.42 Å². The number of amides is 1. The minimum atomic E-state index is -4.98. The normalized spacial score (nSPS) is 13.2. The predicted octanol–water partition coefficient (Wildman–Crippen LogP) is 0.616. The van der Waals surface area contributed by atoms with Crippen LogP contribution in [0.25, 0.3) is 0 Å². The quantitative estimate of drug-likeness (QED) is 0.699. The van der Waals surface area contributed by atoms with E-state index < -0.39 is 24.1 Å². The molecular weight excluding hydrogens is 203 g/mol. The summed E-state index contributed by atoms with van der Waals surface area (Å²) in [7, 11) is 1.03. The van der Waals surface area contributed by atoms with Crippen molar-refractivity contribution in [2.45, 2.75) is 25.6 Å². The maximum absolute atomic E-state index is 11.7. The van der Waals surface area contributed by atoms with Crippen LogP contribution in [0.15, 0.2) is 0 Å². The van der Waals surface area contributed by atoms with Gasteiger partial charge in [0.15, 0.2) is 0 Å². The van der Waals surface area contributed by atoms with Gasteiger partial charge in [-0.1, -0.05) is 6.92 Å². The van der Waals surface area contributed by atoms with Crippen LogP contribution in [0.5, 0.6) is 0 Å².